The lowest BCUT2D eigenvalue weighted by Crippen LogP contribution is -2.29. The van der Waals surface area contributed by atoms with E-state index in [0.717, 1.165) is 33.3 Å². The van der Waals surface area contributed by atoms with Crippen LogP contribution in [0.4, 0.5) is 11.4 Å². The van der Waals surface area contributed by atoms with Crippen LogP contribution in [0.25, 0.3) is 11.3 Å². The van der Waals surface area contributed by atoms with Crippen molar-refractivity contribution in [2.45, 2.75) is 19.0 Å². The predicted octanol–water partition coefficient (Wildman–Crippen LogP) is 5.97. The number of rotatable bonds is 7. The molecule has 1 aliphatic heterocycles. The Bertz CT molecular complexity index is 1610. The number of aromatic nitrogens is 1. The Labute approximate surface area is 235 Å². The maximum Gasteiger partial charge on any atom is 0.229 e. The normalized spacial score (nSPS) is 17.4. The zero-order valence-electron chi connectivity index (χ0n) is 20.8. The quantitative estimate of drug-likeness (QED) is 0.246. The summed E-state index contributed by atoms with van der Waals surface area (Å²) in [6, 6.07) is 20.2. The van der Waals surface area contributed by atoms with Crippen molar-refractivity contribution in [3.05, 3.63) is 94.4 Å². The third kappa shape index (κ3) is 5.27. The summed E-state index contributed by atoms with van der Waals surface area (Å²) >= 11 is 9.45. The Morgan fingerprint density at radius 1 is 1.13 bits per heavy atom. The Hall–Kier alpha value is -3.41. The van der Waals surface area contributed by atoms with E-state index < -0.39 is 10.0 Å². The highest BCUT2D eigenvalue weighted by Crippen LogP contribution is 2.45. The van der Waals surface area contributed by atoms with Crippen LogP contribution in [0.15, 0.2) is 81.8 Å². The molecule has 1 saturated heterocycles. The van der Waals surface area contributed by atoms with Gasteiger partial charge >= 0.3 is 0 Å². The highest BCUT2D eigenvalue weighted by Gasteiger charge is 2.43. The number of halogens is 1. The fourth-order valence-electron chi connectivity index (χ4n) is 4.51. The van der Waals surface area contributed by atoms with E-state index in [1.807, 2.05) is 60.4 Å². The largest absolute Gasteiger partial charge is 0.494 e. The molecular weight excluding hydrogens is 588 g/mol. The van der Waals surface area contributed by atoms with Crippen LogP contribution in [-0.4, -0.2) is 31.9 Å². The van der Waals surface area contributed by atoms with E-state index in [1.165, 1.54) is 7.11 Å². The number of nitrogens with one attached hydrogen (secondary N) is 2. The minimum Gasteiger partial charge on any atom is -0.494 e. The molecule has 11 heteroatoms. The molecule has 0 radical (unpaired) electrons. The van der Waals surface area contributed by atoms with Gasteiger partial charge in [0.15, 0.2) is 5.11 Å². The predicted molar refractivity (Wildman–Crippen MR) is 156 cm³/mol. The molecular formula is C27H25BrN4O4S2. The third-order valence-electron chi connectivity index (χ3n) is 6.17. The molecule has 0 spiro atoms. The SMILES string of the molecule is COc1cc(N2C(=S)NC(c3ccccn3)C2c2ccc(-c3ccc(C)cc3Br)o2)ccc1NS(C)(=O)=O. The van der Waals surface area contributed by atoms with Crippen LogP contribution in [-0.2, 0) is 10.0 Å². The molecule has 0 bridgehead atoms. The van der Waals surface area contributed by atoms with Crippen LogP contribution in [0.1, 0.15) is 29.1 Å². The number of aryl methyl sites for hydroxylation is 1. The minimum atomic E-state index is -3.49. The van der Waals surface area contributed by atoms with Crippen molar-refractivity contribution in [3.63, 3.8) is 0 Å². The van der Waals surface area contributed by atoms with Gasteiger partial charge in [0.05, 0.1) is 30.8 Å². The maximum absolute atomic E-state index is 11.8. The molecule has 4 aromatic rings. The summed E-state index contributed by atoms with van der Waals surface area (Å²) in [5.41, 5.74) is 3.92. The smallest absolute Gasteiger partial charge is 0.229 e. The molecule has 2 N–H and O–H groups in total. The number of hydrogen-bond donors (Lipinski definition) is 2. The molecule has 196 valence electrons. The van der Waals surface area contributed by atoms with Gasteiger partial charge in [0.25, 0.3) is 0 Å². The van der Waals surface area contributed by atoms with E-state index in [4.69, 9.17) is 21.4 Å². The average molecular weight is 614 g/mol. The van der Waals surface area contributed by atoms with Crippen LogP contribution in [0.3, 0.4) is 0 Å². The standard InChI is InChI=1S/C27H25BrN4O4S2/c1-16-7-9-18(19(28)14-16)22-11-12-23(36-22)26-25(21-6-4-5-13-29-21)30-27(37)32(26)17-8-10-20(24(15-17)35-2)31-38(3,33)34/h4-15,25-26,31H,1-3H3,(H,30,37). The fourth-order valence-corrected chi connectivity index (χ4v) is 6.11. The second kappa shape index (κ2) is 10.4. The molecule has 0 saturated carbocycles. The summed E-state index contributed by atoms with van der Waals surface area (Å²) in [4.78, 5) is 6.52. The zero-order valence-corrected chi connectivity index (χ0v) is 24.0. The van der Waals surface area contributed by atoms with Crippen LogP contribution in [0.5, 0.6) is 5.75 Å². The first-order valence-corrected chi connectivity index (χ1v) is 14.8. The Morgan fingerprint density at radius 2 is 1.95 bits per heavy atom. The number of sulfonamides is 1. The molecule has 0 amide bonds. The summed E-state index contributed by atoms with van der Waals surface area (Å²) in [6.45, 7) is 2.04. The van der Waals surface area contributed by atoms with Gasteiger partial charge in [-0.25, -0.2) is 8.42 Å². The van der Waals surface area contributed by atoms with Crippen LogP contribution in [0, 0.1) is 6.92 Å². The molecule has 2 aromatic heterocycles. The number of benzene rings is 2. The molecule has 1 aliphatic rings. The zero-order chi connectivity index (χ0) is 27.0. The van der Waals surface area contributed by atoms with Crippen molar-refractivity contribution >= 4 is 54.7 Å². The summed E-state index contributed by atoms with van der Waals surface area (Å²) in [5.74, 6) is 1.77. The lowest BCUT2D eigenvalue weighted by Gasteiger charge is -2.27. The maximum atomic E-state index is 11.8. The number of methoxy groups -OCH3 is 1. The number of ether oxygens (including phenoxy) is 1. The van der Waals surface area contributed by atoms with Crippen molar-refractivity contribution in [2.24, 2.45) is 0 Å². The van der Waals surface area contributed by atoms with Gasteiger partial charge in [-0.3, -0.25) is 9.71 Å². The first-order valence-electron chi connectivity index (χ1n) is 11.7. The van der Waals surface area contributed by atoms with Crippen molar-refractivity contribution in [3.8, 4) is 17.1 Å². The average Bonchev–Trinajstić information content (AvgIpc) is 3.48. The highest BCUT2D eigenvalue weighted by atomic mass is 79.9. The van der Waals surface area contributed by atoms with Gasteiger partial charge in [-0.15, -0.1) is 0 Å². The van der Waals surface area contributed by atoms with Gasteiger partial charge in [-0.1, -0.05) is 28.1 Å². The highest BCUT2D eigenvalue weighted by molar-refractivity contribution is 9.10. The Kier molecular flexibility index (Phi) is 7.17. The number of pyridine rings is 1. The molecule has 0 aliphatic carbocycles. The lowest BCUT2D eigenvalue weighted by atomic mass is 10.0. The number of anilines is 2. The number of nitrogens with zero attached hydrogens (tertiary/aromatic N) is 2. The van der Waals surface area contributed by atoms with E-state index in [-0.39, 0.29) is 12.1 Å². The van der Waals surface area contributed by atoms with Gasteiger partial charge in [0.2, 0.25) is 10.0 Å². The first kappa shape index (κ1) is 26.2. The van der Waals surface area contributed by atoms with E-state index in [2.05, 4.69) is 31.0 Å². The second-order valence-electron chi connectivity index (χ2n) is 8.94. The van der Waals surface area contributed by atoms with Crippen molar-refractivity contribution in [2.75, 3.05) is 23.0 Å². The molecule has 1 fully saturated rings. The third-order valence-corrected chi connectivity index (χ3v) is 7.73. The first-order chi connectivity index (χ1) is 18.1. The summed E-state index contributed by atoms with van der Waals surface area (Å²) in [7, 11) is -2.00. The Balaban J connectivity index is 1.60. The van der Waals surface area contributed by atoms with E-state index in [0.29, 0.717) is 28.0 Å². The van der Waals surface area contributed by atoms with Crippen LogP contribution >= 0.6 is 28.1 Å². The van der Waals surface area contributed by atoms with Crippen molar-refractivity contribution in [1.29, 1.82) is 0 Å². The van der Waals surface area contributed by atoms with Crippen LogP contribution in [0.2, 0.25) is 0 Å². The second-order valence-corrected chi connectivity index (χ2v) is 11.9. The molecule has 8 nitrogen and oxygen atoms in total. The molecule has 2 atom stereocenters. The van der Waals surface area contributed by atoms with Gasteiger partial charge < -0.3 is 19.4 Å². The monoisotopic (exact) mass is 612 g/mol. The Morgan fingerprint density at radius 3 is 2.63 bits per heavy atom. The van der Waals surface area contributed by atoms with Crippen LogP contribution < -0.4 is 19.7 Å². The molecule has 5 rings (SSSR count). The summed E-state index contributed by atoms with van der Waals surface area (Å²) in [5, 5.41) is 3.88. The number of hydrogen-bond acceptors (Lipinski definition) is 6. The number of thiocarbonyl (C=S) groups is 1. The van der Waals surface area contributed by atoms with Crippen molar-refractivity contribution < 1.29 is 17.6 Å². The molecule has 38 heavy (non-hydrogen) atoms. The van der Waals surface area contributed by atoms with Gasteiger partial charge in [0.1, 0.15) is 23.3 Å². The molecule has 2 aromatic carbocycles. The number of furan rings is 1. The van der Waals surface area contributed by atoms with Crippen molar-refractivity contribution in [1.82, 2.24) is 10.3 Å². The summed E-state index contributed by atoms with van der Waals surface area (Å²) in [6.07, 6.45) is 2.83. The van der Waals surface area contributed by atoms with E-state index >= 15 is 0 Å². The van der Waals surface area contributed by atoms with E-state index in [1.54, 1.807) is 24.4 Å². The van der Waals surface area contributed by atoms with E-state index in [9.17, 15) is 8.42 Å². The van der Waals surface area contributed by atoms with Gasteiger partial charge in [0, 0.05) is 28.0 Å². The lowest BCUT2D eigenvalue weighted by molar-refractivity contribution is 0.416. The fraction of sp³-hybridized carbons (Fsp3) is 0.185. The molecule has 2 unspecified atom stereocenters. The topological polar surface area (TPSA) is 96.7 Å². The van der Waals surface area contributed by atoms with Gasteiger partial charge in [-0.2, -0.15) is 0 Å². The van der Waals surface area contributed by atoms with Gasteiger partial charge in [-0.05, 0) is 73.2 Å². The summed E-state index contributed by atoms with van der Waals surface area (Å²) < 4.78 is 39.0. The molecule has 3 heterocycles. The minimum absolute atomic E-state index is 0.302.